The molecule has 0 aliphatic rings. The number of benzene rings is 1. The van der Waals surface area contributed by atoms with Crippen LogP contribution in [0.2, 0.25) is 0 Å². The van der Waals surface area contributed by atoms with Crippen molar-refractivity contribution < 1.29 is 4.79 Å². The number of hydrogen-bond donors (Lipinski definition) is 2. The molecule has 0 unspecified atom stereocenters. The lowest BCUT2D eigenvalue weighted by Gasteiger charge is -1.97. The molecule has 0 saturated heterocycles. The molecule has 4 N–H and O–H groups in total. The summed E-state index contributed by atoms with van der Waals surface area (Å²) in [6.07, 6.45) is 3.74. The third-order valence-electron chi connectivity index (χ3n) is 1.61. The Hall–Kier alpha value is -1.77. The highest BCUT2D eigenvalue weighted by atomic mass is 16.1. The average Bonchev–Trinajstić information content (AvgIpc) is 2.08. The molecule has 68 valence electrons. The molecule has 3 nitrogen and oxygen atoms in total. The second-order valence-corrected chi connectivity index (χ2v) is 2.70. The van der Waals surface area contributed by atoms with Crippen LogP contribution in [0.25, 0.3) is 6.08 Å². The first-order chi connectivity index (χ1) is 6.20. The smallest absolute Gasteiger partial charge is 0.221 e. The number of carbonyl (C=O) groups excluding carboxylic acids is 1. The molecule has 1 aromatic carbocycles. The highest BCUT2D eigenvalue weighted by molar-refractivity contribution is 5.77. The first-order valence-corrected chi connectivity index (χ1v) is 3.99. The fraction of sp³-hybridized carbons (Fsp3) is 0.100. The summed E-state index contributed by atoms with van der Waals surface area (Å²) in [5.41, 5.74) is 12.2. The number of anilines is 1. The molecule has 0 aliphatic heterocycles. The number of hydrogen-bond acceptors (Lipinski definition) is 2. The van der Waals surface area contributed by atoms with Crippen LogP contribution in [0.1, 0.15) is 12.0 Å². The predicted molar refractivity (Wildman–Crippen MR) is 53.7 cm³/mol. The monoisotopic (exact) mass is 176 g/mol. The summed E-state index contributed by atoms with van der Waals surface area (Å²) in [6.45, 7) is 0. The standard InChI is InChI=1S/C10H12N2O/c11-9-6-2-1-4-8(9)5-3-7-10(12)13/h1-6H,7,11H2,(H2,12,13). The second kappa shape index (κ2) is 4.30. The van der Waals surface area contributed by atoms with Crippen LogP contribution in [0.5, 0.6) is 0 Å². The largest absolute Gasteiger partial charge is 0.398 e. The van der Waals surface area contributed by atoms with Crippen LogP contribution >= 0.6 is 0 Å². The van der Waals surface area contributed by atoms with Gasteiger partial charge in [-0.25, -0.2) is 0 Å². The van der Waals surface area contributed by atoms with Gasteiger partial charge >= 0.3 is 0 Å². The van der Waals surface area contributed by atoms with E-state index >= 15 is 0 Å². The first-order valence-electron chi connectivity index (χ1n) is 3.99. The summed E-state index contributed by atoms with van der Waals surface area (Å²) in [7, 11) is 0. The first kappa shape index (κ1) is 9.32. The Balaban J connectivity index is 2.68. The molecule has 0 bridgehead atoms. The highest BCUT2D eigenvalue weighted by Crippen LogP contribution is 2.12. The minimum absolute atomic E-state index is 0.244. The van der Waals surface area contributed by atoms with E-state index < -0.39 is 0 Å². The molecule has 1 amide bonds. The van der Waals surface area contributed by atoms with E-state index in [0.29, 0.717) is 5.69 Å². The van der Waals surface area contributed by atoms with Crippen molar-refractivity contribution in [1.82, 2.24) is 0 Å². The quantitative estimate of drug-likeness (QED) is 0.678. The van der Waals surface area contributed by atoms with Gasteiger partial charge in [0, 0.05) is 12.1 Å². The van der Waals surface area contributed by atoms with E-state index in [4.69, 9.17) is 11.5 Å². The van der Waals surface area contributed by atoms with Crippen molar-refractivity contribution in [2.24, 2.45) is 5.73 Å². The van der Waals surface area contributed by atoms with Gasteiger partial charge in [-0.1, -0.05) is 30.4 Å². The summed E-state index contributed by atoms with van der Waals surface area (Å²) >= 11 is 0. The fourth-order valence-corrected chi connectivity index (χ4v) is 0.965. The number of primary amides is 1. The SMILES string of the molecule is NC(=O)CC=Cc1ccccc1N. The lowest BCUT2D eigenvalue weighted by molar-refractivity contribution is -0.117. The van der Waals surface area contributed by atoms with Crippen molar-refractivity contribution in [2.75, 3.05) is 5.73 Å². The molecular formula is C10H12N2O. The van der Waals surface area contributed by atoms with Crippen LogP contribution in [-0.2, 0) is 4.79 Å². The summed E-state index contributed by atoms with van der Waals surface area (Å²) in [5, 5.41) is 0. The lowest BCUT2D eigenvalue weighted by atomic mass is 10.1. The molecule has 1 aromatic rings. The summed E-state index contributed by atoms with van der Waals surface area (Å²) in [4.78, 5) is 10.4. The molecule has 0 radical (unpaired) electrons. The van der Waals surface area contributed by atoms with Gasteiger partial charge in [0.1, 0.15) is 0 Å². The molecular weight excluding hydrogens is 164 g/mol. The van der Waals surface area contributed by atoms with Gasteiger partial charge in [0.25, 0.3) is 0 Å². The van der Waals surface area contributed by atoms with Gasteiger partial charge in [-0.15, -0.1) is 0 Å². The number of nitrogens with two attached hydrogens (primary N) is 2. The lowest BCUT2D eigenvalue weighted by Crippen LogP contribution is -2.07. The molecule has 0 aromatic heterocycles. The number of rotatable bonds is 3. The molecule has 0 spiro atoms. The maximum atomic E-state index is 10.4. The molecule has 13 heavy (non-hydrogen) atoms. The van der Waals surface area contributed by atoms with Crippen LogP contribution in [0.4, 0.5) is 5.69 Å². The molecule has 0 atom stereocenters. The van der Waals surface area contributed by atoms with E-state index in [1.165, 1.54) is 0 Å². The number of carbonyl (C=O) groups is 1. The number of amides is 1. The van der Waals surface area contributed by atoms with Gasteiger partial charge in [0.15, 0.2) is 0 Å². The van der Waals surface area contributed by atoms with Gasteiger partial charge in [-0.05, 0) is 11.6 Å². The normalized spacial score (nSPS) is 10.5. The van der Waals surface area contributed by atoms with E-state index in [1.54, 1.807) is 12.2 Å². The fourth-order valence-electron chi connectivity index (χ4n) is 0.965. The van der Waals surface area contributed by atoms with Crippen molar-refractivity contribution in [3.05, 3.63) is 35.9 Å². The van der Waals surface area contributed by atoms with E-state index in [9.17, 15) is 4.79 Å². The Morgan fingerprint density at radius 3 is 2.69 bits per heavy atom. The molecule has 0 heterocycles. The van der Waals surface area contributed by atoms with Gasteiger partial charge < -0.3 is 11.5 Å². The Bertz CT molecular complexity index is 331. The van der Waals surface area contributed by atoms with Crippen LogP contribution in [0.15, 0.2) is 30.3 Å². The van der Waals surface area contributed by atoms with Crippen molar-refractivity contribution in [3.63, 3.8) is 0 Å². The van der Waals surface area contributed by atoms with Gasteiger partial charge in [0.2, 0.25) is 5.91 Å². The van der Waals surface area contributed by atoms with Crippen LogP contribution < -0.4 is 11.5 Å². The van der Waals surface area contributed by atoms with E-state index in [-0.39, 0.29) is 12.3 Å². The minimum atomic E-state index is -0.342. The molecule has 0 fully saturated rings. The van der Waals surface area contributed by atoms with E-state index in [1.807, 2.05) is 24.3 Å². The van der Waals surface area contributed by atoms with Gasteiger partial charge in [-0.2, -0.15) is 0 Å². The van der Waals surface area contributed by atoms with Crippen LogP contribution in [-0.4, -0.2) is 5.91 Å². The maximum absolute atomic E-state index is 10.4. The van der Waals surface area contributed by atoms with E-state index in [2.05, 4.69) is 0 Å². The van der Waals surface area contributed by atoms with Crippen LogP contribution in [0.3, 0.4) is 0 Å². The Morgan fingerprint density at radius 1 is 1.38 bits per heavy atom. The highest BCUT2D eigenvalue weighted by Gasteiger charge is 1.92. The van der Waals surface area contributed by atoms with E-state index in [0.717, 1.165) is 5.56 Å². The summed E-state index contributed by atoms with van der Waals surface area (Å²) in [6, 6.07) is 7.44. The van der Waals surface area contributed by atoms with Crippen molar-refractivity contribution in [2.45, 2.75) is 6.42 Å². The Morgan fingerprint density at radius 2 is 2.08 bits per heavy atom. The second-order valence-electron chi connectivity index (χ2n) is 2.70. The van der Waals surface area contributed by atoms with Crippen molar-refractivity contribution in [3.8, 4) is 0 Å². The topological polar surface area (TPSA) is 69.1 Å². The Labute approximate surface area is 77.0 Å². The maximum Gasteiger partial charge on any atom is 0.221 e. The summed E-state index contributed by atoms with van der Waals surface area (Å²) < 4.78 is 0. The number of para-hydroxylation sites is 1. The molecule has 1 rings (SSSR count). The van der Waals surface area contributed by atoms with Crippen molar-refractivity contribution >= 4 is 17.7 Å². The minimum Gasteiger partial charge on any atom is -0.398 e. The zero-order valence-electron chi connectivity index (χ0n) is 7.23. The number of nitrogen functional groups attached to an aromatic ring is 1. The molecule has 0 saturated carbocycles. The third kappa shape index (κ3) is 2.99. The Kier molecular flexibility index (Phi) is 3.09. The average molecular weight is 176 g/mol. The van der Waals surface area contributed by atoms with Gasteiger partial charge in [0.05, 0.1) is 0 Å². The van der Waals surface area contributed by atoms with Crippen LogP contribution in [0, 0.1) is 0 Å². The van der Waals surface area contributed by atoms with Crippen molar-refractivity contribution in [1.29, 1.82) is 0 Å². The molecule has 0 aliphatic carbocycles. The third-order valence-corrected chi connectivity index (χ3v) is 1.61. The zero-order chi connectivity index (χ0) is 9.68. The zero-order valence-corrected chi connectivity index (χ0v) is 7.23. The predicted octanol–water partition coefficient (Wildman–Crippen LogP) is 1.16. The molecule has 3 heteroatoms. The summed E-state index contributed by atoms with van der Waals surface area (Å²) in [5.74, 6) is -0.342. The van der Waals surface area contributed by atoms with Gasteiger partial charge in [-0.3, -0.25) is 4.79 Å².